The van der Waals surface area contributed by atoms with Gasteiger partial charge in [-0.3, -0.25) is 0 Å². The van der Waals surface area contributed by atoms with Crippen LogP contribution >= 0.6 is 57.7 Å². The standard InChI is InChI=1S/C22H17F2N5OS.C18H14Cl4N2O/c1-14(21-28-20(10-31-21)16-4-2-15(9-25)3-5-16)22(30,11-29-13-26-12-27-29)18-7-6-17(23)8-19(18)24;19-13-2-1-12(16(21)7-13)10-25-18(9-24-6-5-23-11-24)15-4-3-14(20)8-17(15)22/h2-8,10,12-14,30H,11H2,1H3;1-8,11,18H,9-10H2/t14-,22?;/m0./s1. The van der Waals surface area contributed by atoms with Gasteiger partial charge in [0.2, 0.25) is 0 Å². The van der Waals surface area contributed by atoms with E-state index in [0.29, 0.717) is 49.5 Å². The molecule has 0 radical (unpaired) electrons. The Morgan fingerprint density at radius 3 is 2.32 bits per heavy atom. The van der Waals surface area contributed by atoms with Gasteiger partial charge in [0.05, 0.1) is 48.4 Å². The van der Waals surface area contributed by atoms with E-state index in [1.54, 1.807) is 68.0 Å². The van der Waals surface area contributed by atoms with Crippen LogP contribution < -0.4 is 0 Å². The monoisotopic (exact) mass is 851 g/mol. The van der Waals surface area contributed by atoms with Crippen molar-refractivity contribution in [3.63, 3.8) is 0 Å². The van der Waals surface area contributed by atoms with E-state index in [9.17, 15) is 13.9 Å². The first-order valence-corrected chi connectivity index (χ1v) is 19.2. The molecule has 3 atom stereocenters. The smallest absolute Gasteiger partial charge is 0.137 e. The SMILES string of the molecule is C[C@@H](c1nc(-c2ccc(C#N)cc2)cs1)C(O)(Cn1cncn1)c1ccc(F)cc1F.Clc1ccc(COC(Cn2ccnc2)c2ccc(Cl)cc2Cl)c(Cl)c1. The molecule has 286 valence electrons. The van der Waals surface area contributed by atoms with Crippen LogP contribution in [0.2, 0.25) is 20.1 Å². The second-order valence-corrected chi connectivity index (χ2v) is 15.2. The minimum atomic E-state index is -1.76. The fourth-order valence-corrected chi connectivity index (χ4v) is 7.78. The highest BCUT2D eigenvalue weighted by Crippen LogP contribution is 2.41. The van der Waals surface area contributed by atoms with Crippen molar-refractivity contribution in [1.29, 1.82) is 5.26 Å². The molecule has 0 aliphatic carbocycles. The van der Waals surface area contributed by atoms with Crippen molar-refractivity contribution in [1.82, 2.24) is 29.3 Å². The van der Waals surface area contributed by atoms with Gasteiger partial charge in [-0.05, 0) is 48.0 Å². The van der Waals surface area contributed by atoms with Crippen molar-refractivity contribution < 1.29 is 18.6 Å². The number of aromatic nitrogens is 6. The number of nitriles is 1. The van der Waals surface area contributed by atoms with Crippen LogP contribution in [0.15, 0.2) is 116 Å². The second-order valence-electron chi connectivity index (χ2n) is 12.6. The van der Waals surface area contributed by atoms with Gasteiger partial charge in [-0.25, -0.2) is 28.4 Å². The molecular weight excluding hydrogens is 822 g/mol. The maximum atomic E-state index is 14.7. The Bertz CT molecular complexity index is 2430. The molecule has 4 aromatic carbocycles. The van der Waals surface area contributed by atoms with Crippen molar-refractivity contribution in [2.24, 2.45) is 0 Å². The molecule has 2 unspecified atom stereocenters. The summed E-state index contributed by atoms with van der Waals surface area (Å²) >= 11 is 25.9. The molecule has 3 aromatic heterocycles. The Kier molecular flexibility index (Phi) is 13.5. The summed E-state index contributed by atoms with van der Waals surface area (Å²) in [7, 11) is 0. The number of hydrogen-bond donors (Lipinski definition) is 1. The number of thiazole rings is 1. The summed E-state index contributed by atoms with van der Waals surface area (Å²) in [5.41, 5.74) is 1.94. The van der Waals surface area contributed by atoms with E-state index in [2.05, 4.69) is 26.1 Å². The minimum Gasteiger partial charge on any atom is -0.382 e. The third kappa shape index (κ3) is 9.99. The Balaban J connectivity index is 0.000000194. The van der Waals surface area contributed by atoms with Gasteiger partial charge in [-0.2, -0.15) is 10.4 Å². The highest BCUT2D eigenvalue weighted by atomic mass is 35.5. The second kappa shape index (κ2) is 18.5. The van der Waals surface area contributed by atoms with Crippen LogP contribution in [0, 0.1) is 23.0 Å². The first-order chi connectivity index (χ1) is 26.9. The molecule has 16 heteroatoms. The highest BCUT2D eigenvalue weighted by Gasteiger charge is 2.41. The quantitative estimate of drug-likeness (QED) is 0.130. The van der Waals surface area contributed by atoms with Gasteiger partial charge in [-0.15, -0.1) is 11.3 Å². The predicted molar refractivity (Wildman–Crippen MR) is 214 cm³/mol. The molecule has 0 aliphatic heterocycles. The van der Waals surface area contributed by atoms with Gasteiger partial charge in [0.25, 0.3) is 0 Å². The summed E-state index contributed by atoms with van der Waals surface area (Å²) in [5, 5.41) is 29.4. The molecule has 0 fully saturated rings. The zero-order valence-electron chi connectivity index (χ0n) is 29.4. The number of benzene rings is 4. The molecule has 7 aromatic rings. The summed E-state index contributed by atoms with van der Waals surface area (Å²) in [6, 6.07) is 22.9. The average molecular weight is 854 g/mol. The van der Waals surface area contributed by atoms with Crippen molar-refractivity contribution in [3.05, 3.63) is 175 Å². The van der Waals surface area contributed by atoms with E-state index in [0.717, 1.165) is 28.8 Å². The molecule has 7 rings (SSSR count). The van der Waals surface area contributed by atoms with Gasteiger partial charge < -0.3 is 14.4 Å². The molecule has 0 saturated carbocycles. The lowest BCUT2D eigenvalue weighted by Crippen LogP contribution is -2.38. The first kappa shape index (κ1) is 40.9. The van der Waals surface area contributed by atoms with Crippen LogP contribution in [0.4, 0.5) is 8.78 Å². The zero-order valence-corrected chi connectivity index (χ0v) is 33.2. The van der Waals surface area contributed by atoms with Crippen LogP contribution in [0.3, 0.4) is 0 Å². The number of imidazole rings is 1. The van der Waals surface area contributed by atoms with E-state index >= 15 is 0 Å². The van der Waals surface area contributed by atoms with Gasteiger partial charge in [0.1, 0.15) is 36.0 Å². The average Bonchev–Trinajstić information content (AvgIpc) is 3.99. The van der Waals surface area contributed by atoms with Crippen LogP contribution in [0.25, 0.3) is 11.3 Å². The Hall–Kier alpha value is -4.71. The number of ether oxygens (including phenoxy) is 1. The molecule has 9 nitrogen and oxygen atoms in total. The van der Waals surface area contributed by atoms with Crippen LogP contribution in [0.1, 0.15) is 46.2 Å². The zero-order chi connectivity index (χ0) is 39.8. The molecule has 0 bridgehead atoms. The number of rotatable bonds is 12. The summed E-state index contributed by atoms with van der Waals surface area (Å²) in [6.45, 7) is 2.53. The van der Waals surface area contributed by atoms with Gasteiger partial charge in [0.15, 0.2) is 0 Å². The predicted octanol–water partition coefficient (Wildman–Crippen LogP) is 10.7. The molecule has 0 aliphatic rings. The molecular formula is C40H31Cl4F2N7O2S. The molecule has 1 N–H and O–H groups in total. The van der Waals surface area contributed by atoms with E-state index in [1.807, 2.05) is 28.3 Å². The van der Waals surface area contributed by atoms with Gasteiger partial charge >= 0.3 is 0 Å². The van der Waals surface area contributed by atoms with Crippen molar-refractivity contribution in [2.75, 3.05) is 0 Å². The number of halogens is 6. The Labute approximate surface area is 345 Å². The van der Waals surface area contributed by atoms with Gasteiger partial charge in [-0.1, -0.05) is 83.7 Å². The lowest BCUT2D eigenvalue weighted by atomic mass is 9.82. The topological polar surface area (TPSA) is 115 Å². The van der Waals surface area contributed by atoms with E-state index in [1.165, 1.54) is 34.7 Å². The van der Waals surface area contributed by atoms with Gasteiger partial charge in [0, 0.05) is 66.5 Å². The van der Waals surface area contributed by atoms with Crippen LogP contribution in [0.5, 0.6) is 0 Å². The van der Waals surface area contributed by atoms with Crippen LogP contribution in [-0.2, 0) is 30.0 Å². The third-order valence-corrected chi connectivity index (χ3v) is 11.1. The maximum absolute atomic E-state index is 14.7. The maximum Gasteiger partial charge on any atom is 0.137 e. The number of hydrogen-bond acceptors (Lipinski definition) is 8. The minimum absolute atomic E-state index is 0.0491. The normalized spacial score (nSPS) is 13.3. The fraction of sp³-hybridized carbons (Fsp3) is 0.175. The number of aliphatic hydroxyl groups is 1. The lowest BCUT2D eigenvalue weighted by molar-refractivity contribution is -0.0112. The summed E-state index contributed by atoms with van der Waals surface area (Å²) in [5.74, 6) is -2.22. The summed E-state index contributed by atoms with van der Waals surface area (Å²) < 4.78 is 37.7. The van der Waals surface area contributed by atoms with Crippen molar-refractivity contribution in [2.45, 2.75) is 44.2 Å². The van der Waals surface area contributed by atoms with Crippen molar-refractivity contribution in [3.8, 4) is 17.3 Å². The first-order valence-electron chi connectivity index (χ1n) is 16.9. The molecule has 0 saturated heterocycles. The Morgan fingerprint density at radius 1 is 0.929 bits per heavy atom. The Morgan fingerprint density at radius 2 is 1.68 bits per heavy atom. The van der Waals surface area contributed by atoms with Crippen molar-refractivity contribution >= 4 is 57.7 Å². The van der Waals surface area contributed by atoms with E-state index in [-0.39, 0.29) is 18.2 Å². The molecule has 0 spiro atoms. The third-order valence-electron chi connectivity index (χ3n) is 8.89. The molecule has 3 heterocycles. The number of nitrogens with zero attached hydrogens (tertiary/aromatic N) is 7. The van der Waals surface area contributed by atoms with E-state index < -0.39 is 23.2 Å². The highest BCUT2D eigenvalue weighted by molar-refractivity contribution is 7.10. The fourth-order valence-electron chi connectivity index (χ4n) is 5.81. The largest absolute Gasteiger partial charge is 0.382 e. The summed E-state index contributed by atoms with van der Waals surface area (Å²) in [6.07, 6.45) is 7.77. The lowest BCUT2D eigenvalue weighted by Gasteiger charge is -2.33. The molecule has 56 heavy (non-hydrogen) atoms. The van der Waals surface area contributed by atoms with E-state index in [4.69, 9.17) is 56.4 Å². The molecule has 0 amide bonds. The van der Waals surface area contributed by atoms with Crippen LogP contribution in [-0.4, -0.2) is 34.4 Å². The summed E-state index contributed by atoms with van der Waals surface area (Å²) in [4.78, 5) is 12.6.